The Morgan fingerprint density at radius 1 is 0.653 bits per heavy atom. The van der Waals surface area contributed by atoms with Gasteiger partial charge in [0.15, 0.2) is 11.5 Å². The molecule has 0 bridgehead atoms. The molecular weight excluding hydrogens is 628 g/mol. The molecule has 254 valence electrons. The number of hydrogen-bond donors (Lipinski definition) is 3. The van der Waals surface area contributed by atoms with E-state index in [4.69, 9.17) is 9.47 Å². The maximum absolute atomic E-state index is 14.3. The third-order valence-corrected chi connectivity index (χ3v) is 10.8. The van der Waals surface area contributed by atoms with Crippen LogP contribution >= 0.6 is 0 Å². The van der Waals surface area contributed by atoms with Gasteiger partial charge in [0.2, 0.25) is 29.4 Å². The standard InChI is InChI=1S/C38H38N2O9/c1-48-29-17-22(18-30(49-2)34(29)43)31-25-11-12-26-32(37(46)39(35(26)44)15-13-20-3-7-23(41)8-4-20)27(25)19-28-33(31)38(47)40(36(28)45)16-14-21-5-9-24(42)10-6-21/h3-11,17-18,26-28,31-33,41-43H,12-16,19H2,1-2H3/t26-,27+,28+,31-,32-,33+/m0/s1. The number of hydrogen-bond acceptors (Lipinski definition) is 9. The van der Waals surface area contributed by atoms with Crippen molar-refractivity contribution in [2.24, 2.45) is 29.6 Å². The molecule has 1 saturated carbocycles. The Morgan fingerprint density at radius 3 is 1.65 bits per heavy atom. The van der Waals surface area contributed by atoms with Gasteiger partial charge >= 0.3 is 0 Å². The van der Waals surface area contributed by atoms with Gasteiger partial charge in [-0.1, -0.05) is 35.9 Å². The Bertz CT molecular complexity index is 1830. The first-order chi connectivity index (χ1) is 23.6. The highest BCUT2D eigenvalue weighted by Gasteiger charge is 2.61. The van der Waals surface area contributed by atoms with Crippen molar-refractivity contribution in [3.8, 4) is 28.7 Å². The van der Waals surface area contributed by atoms with Crippen LogP contribution in [-0.2, 0) is 32.0 Å². The van der Waals surface area contributed by atoms with Crippen LogP contribution < -0.4 is 9.47 Å². The van der Waals surface area contributed by atoms with Crippen molar-refractivity contribution in [3.05, 3.63) is 89.0 Å². The molecule has 2 aliphatic carbocycles. The van der Waals surface area contributed by atoms with Gasteiger partial charge in [-0.25, -0.2) is 0 Å². The van der Waals surface area contributed by atoms with Gasteiger partial charge in [0.1, 0.15) is 11.5 Å². The van der Waals surface area contributed by atoms with Crippen LogP contribution in [0.2, 0.25) is 0 Å². The highest BCUT2D eigenvalue weighted by Crippen LogP contribution is 2.58. The molecule has 2 aliphatic heterocycles. The number of allylic oxidation sites excluding steroid dienone is 2. The fraction of sp³-hybridized carbons (Fsp3) is 0.368. The van der Waals surface area contributed by atoms with Crippen LogP contribution in [0.4, 0.5) is 0 Å². The maximum Gasteiger partial charge on any atom is 0.234 e. The van der Waals surface area contributed by atoms with E-state index in [2.05, 4.69) is 0 Å². The van der Waals surface area contributed by atoms with Crippen LogP contribution in [0.1, 0.15) is 35.4 Å². The van der Waals surface area contributed by atoms with Gasteiger partial charge in [0.05, 0.1) is 37.9 Å². The number of likely N-dealkylation sites (tertiary alicyclic amines) is 2. The number of aromatic hydroxyl groups is 3. The summed E-state index contributed by atoms with van der Waals surface area (Å²) < 4.78 is 10.9. The summed E-state index contributed by atoms with van der Waals surface area (Å²) >= 11 is 0. The lowest BCUT2D eigenvalue weighted by Gasteiger charge is -2.44. The third-order valence-electron chi connectivity index (χ3n) is 10.8. The van der Waals surface area contributed by atoms with Crippen molar-refractivity contribution >= 4 is 23.6 Å². The van der Waals surface area contributed by atoms with Crippen LogP contribution in [0.25, 0.3) is 0 Å². The summed E-state index contributed by atoms with van der Waals surface area (Å²) in [5, 5.41) is 30.0. The van der Waals surface area contributed by atoms with Crippen LogP contribution in [0.15, 0.2) is 72.3 Å². The van der Waals surface area contributed by atoms with Gasteiger partial charge in [-0.15, -0.1) is 0 Å². The molecule has 4 amide bonds. The average molecular weight is 667 g/mol. The molecule has 11 nitrogen and oxygen atoms in total. The minimum atomic E-state index is -0.761. The van der Waals surface area contributed by atoms with E-state index < -0.39 is 35.5 Å². The predicted molar refractivity (Wildman–Crippen MR) is 176 cm³/mol. The van der Waals surface area contributed by atoms with Gasteiger partial charge in [-0.2, -0.15) is 0 Å². The Hall–Kier alpha value is -5.32. The number of methoxy groups -OCH3 is 2. The monoisotopic (exact) mass is 666 g/mol. The van der Waals surface area contributed by atoms with Crippen molar-refractivity contribution in [3.63, 3.8) is 0 Å². The molecule has 0 spiro atoms. The molecule has 0 unspecified atom stereocenters. The van der Waals surface area contributed by atoms with Crippen LogP contribution in [0.5, 0.6) is 28.7 Å². The van der Waals surface area contributed by atoms with Crippen molar-refractivity contribution in [1.82, 2.24) is 9.80 Å². The van der Waals surface area contributed by atoms with E-state index >= 15 is 0 Å². The number of fused-ring (bicyclic) bond motifs is 4. The van der Waals surface area contributed by atoms with Gasteiger partial charge in [0, 0.05) is 19.0 Å². The van der Waals surface area contributed by atoms with E-state index in [1.165, 1.54) is 24.0 Å². The predicted octanol–water partition coefficient (Wildman–Crippen LogP) is 3.94. The first kappa shape index (κ1) is 32.2. The summed E-state index contributed by atoms with van der Waals surface area (Å²) in [7, 11) is 2.83. The van der Waals surface area contributed by atoms with Crippen molar-refractivity contribution in [1.29, 1.82) is 0 Å². The highest BCUT2D eigenvalue weighted by atomic mass is 16.5. The Kier molecular flexibility index (Phi) is 8.30. The number of phenols is 3. The van der Waals surface area contributed by atoms with Crippen molar-refractivity contribution in [2.45, 2.75) is 31.6 Å². The van der Waals surface area contributed by atoms with Gasteiger partial charge in [0.25, 0.3) is 0 Å². The van der Waals surface area contributed by atoms with Gasteiger partial charge in [-0.05, 0) is 84.7 Å². The molecule has 0 aromatic heterocycles. The summed E-state index contributed by atoms with van der Waals surface area (Å²) in [4.78, 5) is 58.9. The number of carbonyl (C=O) groups is 4. The van der Waals surface area contributed by atoms with Gasteiger partial charge in [-0.3, -0.25) is 29.0 Å². The van der Waals surface area contributed by atoms with Crippen molar-refractivity contribution < 1.29 is 44.0 Å². The molecule has 4 aliphatic rings. The molecule has 11 heteroatoms. The maximum atomic E-state index is 14.3. The molecule has 49 heavy (non-hydrogen) atoms. The SMILES string of the molecule is COc1cc([C@H]2C3=CC[C@@H]4C(=O)N(CCc5ccc(O)cc5)C(=O)[C@@H]4[C@@H]3C[C@H]3C(=O)N(CCc4ccc(O)cc4)C(=O)[C@@H]23)cc(OC)c1O. The lowest BCUT2D eigenvalue weighted by Crippen LogP contribution is -2.43. The molecule has 3 aromatic rings. The zero-order chi connectivity index (χ0) is 34.6. The van der Waals surface area contributed by atoms with Crippen LogP contribution in [0.3, 0.4) is 0 Å². The lowest BCUT2D eigenvalue weighted by atomic mass is 9.57. The Morgan fingerprint density at radius 2 is 1.14 bits per heavy atom. The molecule has 6 atom stereocenters. The summed E-state index contributed by atoms with van der Waals surface area (Å²) in [6.45, 7) is 0.352. The molecule has 3 aromatic carbocycles. The zero-order valence-electron chi connectivity index (χ0n) is 27.2. The molecule has 3 N–H and O–H groups in total. The zero-order valence-corrected chi connectivity index (χ0v) is 27.2. The largest absolute Gasteiger partial charge is 0.508 e. The molecule has 7 rings (SSSR count). The minimum Gasteiger partial charge on any atom is -0.508 e. The van der Waals surface area contributed by atoms with E-state index in [0.717, 1.165) is 16.7 Å². The number of amides is 4. The number of carbonyl (C=O) groups excluding carboxylic acids is 4. The third kappa shape index (κ3) is 5.47. The summed E-state index contributed by atoms with van der Waals surface area (Å²) in [6, 6.07) is 16.6. The van der Waals surface area contributed by atoms with Gasteiger partial charge < -0.3 is 24.8 Å². The molecule has 2 saturated heterocycles. The number of ether oxygens (including phenoxy) is 2. The lowest BCUT2D eigenvalue weighted by molar-refractivity contribution is -0.142. The number of imide groups is 2. The van der Waals surface area contributed by atoms with E-state index in [0.29, 0.717) is 24.8 Å². The Labute approximate surface area is 283 Å². The summed E-state index contributed by atoms with van der Waals surface area (Å²) in [6.07, 6.45) is 3.40. The first-order valence-corrected chi connectivity index (χ1v) is 16.5. The molecular formula is C38H38N2O9. The molecule has 0 radical (unpaired) electrons. The summed E-state index contributed by atoms with van der Waals surface area (Å²) in [5.74, 6) is -4.58. The fourth-order valence-corrected chi connectivity index (χ4v) is 8.43. The second-order valence-corrected chi connectivity index (χ2v) is 13.3. The molecule has 2 heterocycles. The van der Waals surface area contributed by atoms with Crippen molar-refractivity contribution in [2.75, 3.05) is 27.3 Å². The minimum absolute atomic E-state index is 0.124. The van der Waals surface area contributed by atoms with E-state index in [1.54, 1.807) is 60.7 Å². The normalized spacial score (nSPS) is 26.0. The Balaban J connectivity index is 1.24. The number of rotatable bonds is 9. The highest BCUT2D eigenvalue weighted by molar-refractivity contribution is 6.08. The smallest absolute Gasteiger partial charge is 0.234 e. The topological polar surface area (TPSA) is 154 Å². The van der Waals surface area contributed by atoms with Crippen LogP contribution in [-0.4, -0.2) is 76.1 Å². The molecule has 3 fully saturated rings. The number of phenolic OH excluding ortho intramolecular Hbond substituents is 3. The second-order valence-electron chi connectivity index (χ2n) is 13.3. The number of benzene rings is 3. The quantitative estimate of drug-likeness (QED) is 0.228. The fourth-order valence-electron chi connectivity index (χ4n) is 8.43. The van der Waals surface area contributed by atoms with E-state index in [-0.39, 0.29) is 71.9 Å². The van der Waals surface area contributed by atoms with E-state index in [9.17, 15) is 34.5 Å². The van der Waals surface area contributed by atoms with E-state index in [1.807, 2.05) is 6.08 Å². The average Bonchev–Trinajstić information content (AvgIpc) is 3.49. The first-order valence-electron chi connectivity index (χ1n) is 16.5. The number of nitrogens with zero attached hydrogens (tertiary/aromatic N) is 2. The summed E-state index contributed by atoms with van der Waals surface area (Å²) in [5.41, 5.74) is 3.18. The second kappa shape index (κ2) is 12.6. The van der Waals surface area contributed by atoms with Crippen LogP contribution in [0, 0.1) is 29.6 Å².